The number of ether oxygens (including phenoxy) is 1. The van der Waals surface area contributed by atoms with E-state index in [4.69, 9.17) is 21.6 Å². The molecule has 0 spiro atoms. The molecule has 2 rings (SSSR count). The molecule has 6 heteroatoms. The summed E-state index contributed by atoms with van der Waals surface area (Å²) in [6, 6.07) is 11.3. The van der Waals surface area contributed by atoms with Gasteiger partial charge in [-0.2, -0.15) is 18.4 Å². The SMILES string of the molecule is N#Cc1ccc(OCc2cccc(C(F)(F)F)c2)cc1Cl. The molecule has 0 unspecified atom stereocenters. The number of halogens is 4. The van der Waals surface area contributed by atoms with Crippen molar-refractivity contribution in [1.29, 1.82) is 5.26 Å². The number of hydrogen-bond acceptors (Lipinski definition) is 2. The van der Waals surface area contributed by atoms with Gasteiger partial charge in [0, 0.05) is 6.07 Å². The van der Waals surface area contributed by atoms with Crippen molar-refractivity contribution in [1.82, 2.24) is 0 Å². The van der Waals surface area contributed by atoms with Crippen molar-refractivity contribution in [2.75, 3.05) is 0 Å². The first-order chi connectivity index (χ1) is 9.90. The minimum absolute atomic E-state index is 0.0217. The van der Waals surface area contributed by atoms with Crippen molar-refractivity contribution in [2.45, 2.75) is 12.8 Å². The summed E-state index contributed by atoms with van der Waals surface area (Å²) < 4.78 is 43.1. The Morgan fingerprint density at radius 2 is 1.90 bits per heavy atom. The summed E-state index contributed by atoms with van der Waals surface area (Å²) in [6.45, 7) is -0.0217. The van der Waals surface area contributed by atoms with E-state index in [1.807, 2.05) is 6.07 Å². The molecular formula is C15H9ClF3NO. The molecule has 0 atom stereocenters. The highest BCUT2D eigenvalue weighted by Crippen LogP contribution is 2.30. The van der Waals surface area contributed by atoms with Crippen LogP contribution in [0.25, 0.3) is 0 Å². The van der Waals surface area contributed by atoms with Crippen LogP contribution in [-0.2, 0) is 12.8 Å². The zero-order chi connectivity index (χ0) is 15.5. The number of nitriles is 1. The van der Waals surface area contributed by atoms with Crippen molar-refractivity contribution in [3.05, 3.63) is 64.2 Å². The second kappa shape index (κ2) is 6.06. The van der Waals surface area contributed by atoms with Gasteiger partial charge in [0.2, 0.25) is 0 Å². The van der Waals surface area contributed by atoms with Crippen LogP contribution < -0.4 is 4.74 Å². The molecule has 0 aliphatic carbocycles. The Morgan fingerprint density at radius 1 is 1.14 bits per heavy atom. The molecule has 108 valence electrons. The minimum atomic E-state index is -4.38. The zero-order valence-corrected chi connectivity index (χ0v) is 11.4. The molecule has 0 saturated heterocycles. The third-order valence-electron chi connectivity index (χ3n) is 2.72. The molecule has 2 aromatic carbocycles. The lowest BCUT2D eigenvalue weighted by Gasteiger charge is -2.10. The van der Waals surface area contributed by atoms with Gasteiger partial charge in [0.1, 0.15) is 18.4 Å². The van der Waals surface area contributed by atoms with E-state index in [0.717, 1.165) is 12.1 Å². The van der Waals surface area contributed by atoms with Gasteiger partial charge in [-0.3, -0.25) is 0 Å². The first kappa shape index (κ1) is 15.2. The Balaban J connectivity index is 2.10. The summed E-state index contributed by atoms with van der Waals surface area (Å²) in [7, 11) is 0. The summed E-state index contributed by atoms with van der Waals surface area (Å²) in [5.41, 5.74) is -0.0187. The number of nitrogens with zero attached hydrogens (tertiary/aromatic N) is 1. The van der Waals surface area contributed by atoms with E-state index in [1.165, 1.54) is 24.3 Å². The average molecular weight is 312 g/mol. The van der Waals surface area contributed by atoms with Gasteiger partial charge >= 0.3 is 6.18 Å². The number of rotatable bonds is 3. The van der Waals surface area contributed by atoms with E-state index < -0.39 is 11.7 Å². The fraction of sp³-hybridized carbons (Fsp3) is 0.133. The van der Waals surface area contributed by atoms with Crippen molar-refractivity contribution in [3.63, 3.8) is 0 Å². The van der Waals surface area contributed by atoms with Crippen LogP contribution in [0, 0.1) is 11.3 Å². The van der Waals surface area contributed by atoms with Crippen molar-refractivity contribution < 1.29 is 17.9 Å². The van der Waals surface area contributed by atoms with Crippen LogP contribution in [0.2, 0.25) is 5.02 Å². The lowest BCUT2D eigenvalue weighted by Crippen LogP contribution is -2.06. The molecule has 0 amide bonds. The molecule has 0 radical (unpaired) electrons. The van der Waals surface area contributed by atoms with E-state index in [0.29, 0.717) is 16.9 Å². The van der Waals surface area contributed by atoms with Crippen LogP contribution in [0.4, 0.5) is 13.2 Å². The molecule has 0 bridgehead atoms. The Bertz CT molecular complexity index is 692. The summed E-state index contributed by atoms with van der Waals surface area (Å²) in [5, 5.41) is 8.98. The van der Waals surface area contributed by atoms with Gasteiger partial charge < -0.3 is 4.74 Å². The summed E-state index contributed by atoms with van der Waals surface area (Å²) in [6.07, 6.45) is -4.38. The van der Waals surface area contributed by atoms with Crippen LogP contribution in [-0.4, -0.2) is 0 Å². The largest absolute Gasteiger partial charge is 0.489 e. The predicted molar refractivity (Wildman–Crippen MR) is 71.9 cm³/mol. The topological polar surface area (TPSA) is 33.0 Å². The summed E-state index contributed by atoms with van der Waals surface area (Å²) in [5.74, 6) is 0.386. The van der Waals surface area contributed by atoms with Crippen molar-refractivity contribution in [3.8, 4) is 11.8 Å². The smallest absolute Gasteiger partial charge is 0.416 e. The third kappa shape index (κ3) is 3.89. The van der Waals surface area contributed by atoms with E-state index >= 15 is 0 Å². The lowest BCUT2D eigenvalue weighted by atomic mass is 10.1. The van der Waals surface area contributed by atoms with Gasteiger partial charge in [-0.1, -0.05) is 23.7 Å². The molecule has 2 aromatic rings. The molecule has 0 aliphatic heterocycles. The first-order valence-corrected chi connectivity index (χ1v) is 6.26. The fourth-order valence-electron chi connectivity index (χ4n) is 1.68. The van der Waals surface area contributed by atoms with Gasteiger partial charge in [-0.25, -0.2) is 0 Å². The molecule has 0 saturated carbocycles. The zero-order valence-electron chi connectivity index (χ0n) is 10.6. The molecular weight excluding hydrogens is 303 g/mol. The summed E-state index contributed by atoms with van der Waals surface area (Å²) in [4.78, 5) is 0. The lowest BCUT2D eigenvalue weighted by molar-refractivity contribution is -0.137. The minimum Gasteiger partial charge on any atom is -0.489 e. The van der Waals surface area contributed by atoms with Gasteiger partial charge in [-0.15, -0.1) is 0 Å². The standard InChI is InChI=1S/C15H9ClF3NO/c16-14-7-13(5-4-11(14)8-20)21-9-10-2-1-3-12(6-10)15(17,18)19/h1-7H,9H2. The van der Waals surface area contributed by atoms with E-state index in [2.05, 4.69) is 0 Å². The molecule has 0 aliphatic rings. The van der Waals surface area contributed by atoms with E-state index in [9.17, 15) is 13.2 Å². The molecule has 2 nitrogen and oxygen atoms in total. The van der Waals surface area contributed by atoms with Crippen molar-refractivity contribution in [2.24, 2.45) is 0 Å². The molecule has 0 fully saturated rings. The van der Waals surface area contributed by atoms with E-state index in [-0.39, 0.29) is 11.6 Å². The predicted octanol–water partition coefficient (Wildman–Crippen LogP) is 4.81. The maximum atomic E-state index is 12.6. The highest BCUT2D eigenvalue weighted by molar-refractivity contribution is 6.31. The van der Waals surface area contributed by atoms with Crippen LogP contribution in [0.3, 0.4) is 0 Å². The maximum absolute atomic E-state index is 12.6. The normalized spacial score (nSPS) is 11.0. The van der Waals surface area contributed by atoms with Gasteiger partial charge in [0.15, 0.2) is 0 Å². The van der Waals surface area contributed by atoms with Crippen LogP contribution in [0.5, 0.6) is 5.75 Å². The Hall–Kier alpha value is -2.19. The Morgan fingerprint density at radius 3 is 2.52 bits per heavy atom. The van der Waals surface area contributed by atoms with Crippen molar-refractivity contribution >= 4 is 11.6 Å². The van der Waals surface area contributed by atoms with Crippen LogP contribution in [0.15, 0.2) is 42.5 Å². The quantitative estimate of drug-likeness (QED) is 0.815. The fourth-order valence-corrected chi connectivity index (χ4v) is 1.89. The van der Waals surface area contributed by atoms with Gasteiger partial charge in [0.05, 0.1) is 16.1 Å². The molecule has 0 heterocycles. The molecule has 0 N–H and O–H groups in total. The third-order valence-corrected chi connectivity index (χ3v) is 3.03. The first-order valence-electron chi connectivity index (χ1n) is 5.89. The number of hydrogen-bond donors (Lipinski definition) is 0. The summed E-state index contributed by atoms with van der Waals surface area (Å²) >= 11 is 5.85. The second-order valence-electron chi connectivity index (χ2n) is 4.24. The van der Waals surface area contributed by atoms with Gasteiger partial charge in [0.25, 0.3) is 0 Å². The molecule has 21 heavy (non-hydrogen) atoms. The number of alkyl halides is 3. The highest BCUT2D eigenvalue weighted by Gasteiger charge is 2.30. The Kier molecular flexibility index (Phi) is 4.39. The average Bonchev–Trinajstić information content (AvgIpc) is 2.45. The molecule has 0 aromatic heterocycles. The Labute approximate surface area is 124 Å². The monoisotopic (exact) mass is 311 g/mol. The van der Waals surface area contributed by atoms with Crippen LogP contribution >= 0.6 is 11.6 Å². The van der Waals surface area contributed by atoms with E-state index in [1.54, 1.807) is 6.07 Å². The second-order valence-corrected chi connectivity index (χ2v) is 4.65. The maximum Gasteiger partial charge on any atom is 0.416 e. The number of benzene rings is 2. The van der Waals surface area contributed by atoms with Gasteiger partial charge in [-0.05, 0) is 29.8 Å². The highest BCUT2D eigenvalue weighted by atomic mass is 35.5. The van der Waals surface area contributed by atoms with Crippen LogP contribution in [0.1, 0.15) is 16.7 Å².